The fourth-order valence-electron chi connectivity index (χ4n) is 3.26. The van der Waals surface area contributed by atoms with Gasteiger partial charge in [-0.1, -0.05) is 6.07 Å². The first-order valence-electron chi connectivity index (χ1n) is 9.39. The van der Waals surface area contributed by atoms with E-state index in [1.807, 2.05) is 0 Å². The summed E-state index contributed by atoms with van der Waals surface area (Å²) in [4.78, 5) is 24.3. The SMILES string of the molecule is O=C(Nc1cn2cc(C3CCCOC3)nc2c(OC(F)F)n1)c1cccc(C(F)F)n1. The second-order valence-corrected chi connectivity index (χ2v) is 6.82. The first kappa shape index (κ1) is 21.0. The Kier molecular flexibility index (Phi) is 5.98. The van der Waals surface area contributed by atoms with Crippen molar-refractivity contribution in [2.45, 2.75) is 31.8 Å². The highest BCUT2D eigenvalue weighted by atomic mass is 19.3. The standard InChI is InChI=1S/C19H17F4N5O3/c20-15(21)11-4-1-5-12(24-11)17(29)26-14-8-28-7-13(10-3-2-6-30-9-10)25-16(28)18(27-14)31-19(22)23/h1,4-5,7-8,10,15,19H,2-3,6,9H2,(H,26,29). The number of amides is 1. The predicted molar refractivity (Wildman–Crippen MR) is 99.6 cm³/mol. The molecule has 8 nitrogen and oxygen atoms in total. The summed E-state index contributed by atoms with van der Waals surface area (Å²) in [6.07, 6.45) is 1.82. The fourth-order valence-corrected chi connectivity index (χ4v) is 3.26. The van der Waals surface area contributed by atoms with E-state index in [1.54, 1.807) is 6.20 Å². The summed E-state index contributed by atoms with van der Waals surface area (Å²) >= 11 is 0. The van der Waals surface area contributed by atoms with Crippen LogP contribution in [0.1, 0.15) is 47.1 Å². The number of halogens is 4. The van der Waals surface area contributed by atoms with Crippen LogP contribution < -0.4 is 10.1 Å². The first-order chi connectivity index (χ1) is 14.9. The molecule has 1 amide bonds. The maximum atomic E-state index is 12.9. The van der Waals surface area contributed by atoms with Gasteiger partial charge in [0.25, 0.3) is 18.2 Å². The van der Waals surface area contributed by atoms with Crippen LogP contribution in [0.25, 0.3) is 5.65 Å². The molecule has 164 valence electrons. The first-order valence-corrected chi connectivity index (χ1v) is 9.39. The van der Waals surface area contributed by atoms with Gasteiger partial charge in [-0.25, -0.2) is 18.7 Å². The number of hydrogen-bond donors (Lipinski definition) is 1. The molecule has 0 aromatic carbocycles. The number of fused-ring (bicyclic) bond motifs is 1. The largest absolute Gasteiger partial charge is 0.413 e. The van der Waals surface area contributed by atoms with E-state index >= 15 is 0 Å². The number of pyridine rings is 1. The number of aromatic nitrogens is 4. The fraction of sp³-hybridized carbons (Fsp3) is 0.368. The molecule has 1 fully saturated rings. The van der Waals surface area contributed by atoms with Gasteiger partial charge in [-0.2, -0.15) is 13.8 Å². The lowest BCUT2D eigenvalue weighted by atomic mass is 9.99. The number of ether oxygens (including phenoxy) is 2. The van der Waals surface area contributed by atoms with Gasteiger partial charge in [-0.15, -0.1) is 0 Å². The smallest absolute Gasteiger partial charge is 0.388 e. The minimum Gasteiger partial charge on any atom is -0.413 e. The number of alkyl halides is 4. The Morgan fingerprint density at radius 1 is 1.19 bits per heavy atom. The molecule has 1 aliphatic heterocycles. The summed E-state index contributed by atoms with van der Waals surface area (Å²) in [5.74, 6) is -1.46. The Balaban J connectivity index is 1.65. The van der Waals surface area contributed by atoms with Gasteiger partial charge in [0.05, 0.1) is 18.5 Å². The van der Waals surface area contributed by atoms with E-state index in [4.69, 9.17) is 4.74 Å². The van der Waals surface area contributed by atoms with Crippen molar-refractivity contribution in [3.8, 4) is 5.88 Å². The van der Waals surface area contributed by atoms with Crippen LogP contribution in [0.15, 0.2) is 30.6 Å². The zero-order valence-corrected chi connectivity index (χ0v) is 16.0. The molecule has 1 aliphatic rings. The zero-order valence-electron chi connectivity index (χ0n) is 16.0. The molecule has 1 atom stereocenters. The molecular formula is C19H17F4N5O3. The zero-order chi connectivity index (χ0) is 22.0. The number of nitrogens with zero attached hydrogens (tertiary/aromatic N) is 4. The average molecular weight is 439 g/mol. The number of anilines is 1. The van der Waals surface area contributed by atoms with Crippen LogP contribution in [-0.2, 0) is 4.74 Å². The highest BCUT2D eigenvalue weighted by Crippen LogP contribution is 2.28. The molecule has 12 heteroatoms. The normalized spacial score (nSPS) is 16.8. The number of nitrogens with one attached hydrogen (secondary N) is 1. The highest BCUT2D eigenvalue weighted by molar-refractivity contribution is 6.02. The van der Waals surface area contributed by atoms with E-state index in [1.165, 1.54) is 22.7 Å². The minimum atomic E-state index is -3.16. The number of hydrogen-bond acceptors (Lipinski definition) is 6. The molecule has 3 aromatic rings. The van der Waals surface area contributed by atoms with Crippen molar-refractivity contribution in [2.24, 2.45) is 0 Å². The van der Waals surface area contributed by atoms with Gasteiger partial charge in [0.15, 0.2) is 5.82 Å². The molecule has 4 heterocycles. The van der Waals surface area contributed by atoms with Gasteiger partial charge in [0.2, 0.25) is 5.65 Å². The third kappa shape index (κ3) is 4.74. The van der Waals surface area contributed by atoms with Crippen molar-refractivity contribution in [1.29, 1.82) is 0 Å². The van der Waals surface area contributed by atoms with Crippen LogP contribution >= 0.6 is 0 Å². The van der Waals surface area contributed by atoms with Crippen molar-refractivity contribution in [2.75, 3.05) is 18.5 Å². The quantitative estimate of drug-likeness (QED) is 0.588. The second-order valence-electron chi connectivity index (χ2n) is 6.82. The summed E-state index contributed by atoms with van der Waals surface area (Å²) in [7, 11) is 0. The summed E-state index contributed by atoms with van der Waals surface area (Å²) < 4.78 is 62.8. The molecule has 0 aliphatic carbocycles. The molecule has 0 saturated carbocycles. The van der Waals surface area contributed by atoms with Crippen LogP contribution in [-0.4, -0.2) is 45.1 Å². The Bertz CT molecular complexity index is 1090. The average Bonchev–Trinajstić information content (AvgIpc) is 3.18. The van der Waals surface area contributed by atoms with Crippen LogP contribution in [0.4, 0.5) is 23.4 Å². The van der Waals surface area contributed by atoms with Gasteiger partial charge >= 0.3 is 6.61 Å². The van der Waals surface area contributed by atoms with Gasteiger partial charge in [0.1, 0.15) is 11.4 Å². The lowest BCUT2D eigenvalue weighted by molar-refractivity contribution is -0.0520. The number of rotatable bonds is 6. The lowest BCUT2D eigenvalue weighted by Crippen LogP contribution is -2.16. The van der Waals surface area contributed by atoms with Gasteiger partial charge in [-0.3, -0.25) is 9.20 Å². The molecule has 0 spiro atoms. The van der Waals surface area contributed by atoms with E-state index in [0.717, 1.165) is 18.9 Å². The molecule has 3 aromatic heterocycles. The van der Waals surface area contributed by atoms with Crippen molar-refractivity contribution < 1.29 is 31.8 Å². The van der Waals surface area contributed by atoms with Crippen molar-refractivity contribution in [3.05, 3.63) is 47.7 Å². The molecule has 0 radical (unpaired) electrons. The summed E-state index contributed by atoms with van der Waals surface area (Å²) in [5.41, 5.74) is -0.166. The van der Waals surface area contributed by atoms with Gasteiger partial charge in [0, 0.05) is 18.7 Å². The number of carbonyl (C=O) groups excluding carboxylic acids is 1. The van der Waals surface area contributed by atoms with E-state index in [9.17, 15) is 22.4 Å². The Morgan fingerprint density at radius 2 is 2.03 bits per heavy atom. The molecular weight excluding hydrogens is 422 g/mol. The Morgan fingerprint density at radius 3 is 2.74 bits per heavy atom. The predicted octanol–water partition coefficient (Wildman–Crippen LogP) is 3.81. The third-order valence-electron chi connectivity index (χ3n) is 4.67. The van der Waals surface area contributed by atoms with Gasteiger partial charge in [-0.05, 0) is 25.0 Å². The minimum absolute atomic E-state index is 0.00706. The topological polar surface area (TPSA) is 90.6 Å². The van der Waals surface area contributed by atoms with Crippen LogP contribution in [0.5, 0.6) is 5.88 Å². The summed E-state index contributed by atoms with van der Waals surface area (Å²) in [5, 5.41) is 2.36. The molecule has 0 bridgehead atoms. The van der Waals surface area contributed by atoms with E-state index in [-0.39, 0.29) is 23.1 Å². The number of imidazole rings is 1. The highest BCUT2D eigenvalue weighted by Gasteiger charge is 2.23. The van der Waals surface area contributed by atoms with Crippen molar-refractivity contribution >= 4 is 17.4 Å². The van der Waals surface area contributed by atoms with E-state index < -0.39 is 30.5 Å². The third-order valence-corrected chi connectivity index (χ3v) is 4.67. The molecule has 1 N–H and O–H groups in total. The molecule has 4 rings (SSSR count). The maximum absolute atomic E-state index is 12.9. The van der Waals surface area contributed by atoms with Crippen molar-refractivity contribution in [1.82, 2.24) is 19.4 Å². The number of carbonyl (C=O) groups is 1. The van der Waals surface area contributed by atoms with E-state index in [0.29, 0.717) is 18.9 Å². The lowest BCUT2D eigenvalue weighted by Gasteiger charge is -2.19. The molecule has 1 saturated heterocycles. The second kappa shape index (κ2) is 8.84. The van der Waals surface area contributed by atoms with E-state index in [2.05, 4.69) is 25.0 Å². The summed E-state index contributed by atoms with van der Waals surface area (Å²) in [6.45, 7) is -2.05. The summed E-state index contributed by atoms with van der Waals surface area (Å²) in [6, 6.07) is 3.59. The van der Waals surface area contributed by atoms with Crippen LogP contribution in [0, 0.1) is 0 Å². The van der Waals surface area contributed by atoms with Crippen molar-refractivity contribution in [3.63, 3.8) is 0 Å². The van der Waals surface area contributed by atoms with Crippen LogP contribution in [0.3, 0.4) is 0 Å². The maximum Gasteiger partial charge on any atom is 0.388 e. The van der Waals surface area contributed by atoms with Gasteiger partial charge < -0.3 is 14.8 Å². The van der Waals surface area contributed by atoms with Crippen LogP contribution in [0.2, 0.25) is 0 Å². The monoisotopic (exact) mass is 439 g/mol. The molecule has 31 heavy (non-hydrogen) atoms. The molecule has 1 unspecified atom stereocenters. The Labute approximate surface area is 173 Å². The Hall–Kier alpha value is -3.28.